The third kappa shape index (κ3) is 3.12. The summed E-state index contributed by atoms with van der Waals surface area (Å²) in [4.78, 5) is 11.8. The normalized spacial score (nSPS) is 15.2. The zero-order valence-electron chi connectivity index (χ0n) is 15.2. The van der Waals surface area contributed by atoms with Gasteiger partial charge in [-0.3, -0.25) is 4.79 Å². The minimum atomic E-state index is -0.670. The van der Waals surface area contributed by atoms with Gasteiger partial charge in [0.25, 0.3) is 0 Å². The number of benzene rings is 2. The van der Waals surface area contributed by atoms with Crippen LogP contribution in [0.3, 0.4) is 0 Å². The Bertz CT molecular complexity index is 862. The highest BCUT2D eigenvalue weighted by Gasteiger charge is 2.38. The maximum atomic E-state index is 11.8. The molecule has 3 rings (SSSR count). The van der Waals surface area contributed by atoms with Gasteiger partial charge >= 0.3 is 5.97 Å². The van der Waals surface area contributed by atoms with Crippen LogP contribution in [0.15, 0.2) is 42.5 Å². The van der Waals surface area contributed by atoms with Crippen LogP contribution >= 0.6 is 0 Å². The van der Waals surface area contributed by atoms with Crippen molar-refractivity contribution >= 4 is 17.3 Å². The summed E-state index contributed by atoms with van der Waals surface area (Å²) in [6.45, 7) is 7.39. The lowest BCUT2D eigenvalue weighted by Crippen LogP contribution is -2.34. The number of carbonyl (C=O) groups is 1. The van der Waals surface area contributed by atoms with Crippen molar-refractivity contribution in [3.05, 3.63) is 59.2 Å². The van der Waals surface area contributed by atoms with Gasteiger partial charge in [-0.15, -0.1) is 0 Å². The first-order chi connectivity index (χ1) is 11.8. The maximum absolute atomic E-state index is 11.8. The highest BCUT2D eigenvalue weighted by Crippen LogP contribution is 2.47. The lowest BCUT2D eigenvalue weighted by Gasteiger charge is -2.37. The fraction of sp³-hybridized carbons (Fsp3) is 0.286. The van der Waals surface area contributed by atoms with Crippen molar-refractivity contribution in [3.8, 4) is 11.5 Å². The lowest BCUT2D eigenvalue weighted by molar-refractivity contribution is -0.134. The minimum absolute atomic E-state index is 0.361. The molecule has 4 heteroatoms. The summed E-state index contributed by atoms with van der Waals surface area (Å²) < 4.78 is 17.2. The van der Waals surface area contributed by atoms with E-state index < -0.39 is 5.60 Å². The molecule has 4 nitrogen and oxygen atoms in total. The van der Waals surface area contributed by atoms with Crippen molar-refractivity contribution < 1.29 is 19.0 Å². The van der Waals surface area contributed by atoms with E-state index in [4.69, 9.17) is 14.2 Å². The number of hydrogen-bond donors (Lipinski definition) is 0. The average Bonchev–Trinajstić information content (AvgIpc) is 2.54. The van der Waals surface area contributed by atoms with Crippen molar-refractivity contribution in [2.75, 3.05) is 7.11 Å². The van der Waals surface area contributed by atoms with Gasteiger partial charge < -0.3 is 14.2 Å². The second kappa shape index (κ2) is 6.28. The first kappa shape index (κ1) is 17.1. The number of aryl methyl sites for hydroxylation is 1. The molecule has 1 aliphatic heterocycles. The maximum Gasteiger partial charge on any atom is 0.308 e. The third-order valence-electron chi connectivity index (χ3n) is 4.29. The van der Waals surface area contributed by atoms with E-state index in [-0.39, 0.29) is 5.97 Å². The second-order valence-corrected chi connectivity index (χ2v) is 6.59. The molecule has 0 spiro atoms. The number of hydrogen-bond acceptors (Lipinski definition) is 4. The molecule has 0 fully saturated rings. The average molecular weight is 338 g/mol. The standard InChI is InChI=1S/C21H22O4/c1-13-8-6-7-9-16(13)19-20(24-14(2)22)17-11-10-15(23-5)12-18(17)25-21(19,3)4/h6-12H,1-5H3. The molecule has 0 unspecified atom stereocenters. The molecule has 130 valence electrons. The topological polar surface area (TPSA) is 44.8 Å². The van der Waals surface area contributed by atoms with Gasteiger partial charge in [-0.1, -0.05) is 24.3 Å². The van der Waals surface area contributed by atoms with Crippen LogP contribution in [0.25, 0.3) is 11.3 Å². The largest absolute Gasteiger partial charge is 0.497 e. The smallest absolute Gasteiger partial charge is 0.308 e. The number of carbonyl (C=O) groups excluding carboxylic acids is 1. The van der Waals surface area contributed by atoms with E-state index >= 15 is 0 Å². The van der Waals surface area contributed by atoms with Crippen molar-refractivity contribution in [1.82, 2.24) is 0 Å². The summed E-state index contributed by atoms with van der Waals surface area (Å²) in [6, 6.07) is 13.5. The van der Waals surface area contributed by atoms with E-state index in [1.807, 2.05) is 63.2 Å². The fourth-order valence-corrected chi connectivity index (χ4v) is 3.19. The first-order valence-electron chi connectivity index (χ1n) is 8.20. The summed E-state index contributed by atoms with van der Waals surface area (Å²) in [5.41, 5.74) is 3.03. The van der Waals surface area contributed by atoms with Crippen molar-refractivity contribution in [3.63, 3.8) is 0 Å². The molecule has 25 heavy (non-hydrogen) atoms. The van der Waals surface area contributed by atoms with Gasteiger partial charge in [-0.05, 0) is 44.0 Å². The molecule has 1 aliphatic rings. The van der Waals surface area contributed by atoms with Crippen LogP contribution in [0.5, 0.6) is 11.5 Å². The van der Waals surface area contributed by atoms with Gasteiger partial charge in [0, 0.05) is 18.6 Å². The Morgan fingerprint density at radius 1 is 1.08 bits per heavy atom. The Kier molecular flexibility index (Phi) is 4.29. The van der Waals surface area contributed by atoms with E-state index in [9.17, 15) is 4.79 Å². The monoisotopic (exact) mass is 338 g/mol. The van der Waals surface area contributed by atoms with Gasteiger partial charge in [0.05, 0.1) is 12.7 Å². The minimum Gasteiger partial charge on any atom is -0.497 e. The van der Waals surface area contributed by atoms with Crippen molar-refractivity contribution in [1.29, 1.82) is 0 Å². The molecule has 0 amide bonds. The molecule has 0 bridgehead atoms. The SMILES string of the molecule is COc1ccc2c(c1)OC(C)(C)C(c1ccccc1C)=C2OC(C)=O. The summed E-state index contributed by atoms with van der Waals surface area (Å²) >= 11 is 0. The number of ether oxygens (including phenoxy) is 3. The van der Waals surface area contributed by atoms with Gasteiger partial charge in [-0.25, -0.2) is 0 Å². The molecule has 0 aliphatic carbocycles. The van der Waals surface area contributed by atoms with E-state index in [0.29, 0.717) is 17.3 Å². The molecule has 0 N–H and O–H groups in total. The Morgan fingerprint density at radius 2 is 1.80 bits per heavy atom. The summed E-state index contributed by atoms with van der Waals surface area (Å²) in [7, 11) is 1.61. The van der Waals surface area contributed by atoms with Gasteiger partial charge in [0.1, 0.15) is 22.9 Å². The molecule has 0 saturated carbocycles. The lowest BCUT2D eigenvalue weighted by atomic mass is 9.84. The molecular weight excluding hydrogens is 316 g/mol. The van der Waals surface area contributed by atoms with Crippen molar-refractivity contribution in [2.24, 2.45) is 0 Å². The van der Waals surface area contributed by atoms with Crippen LogP contribution in [-0.2, 0) is 9.53 Å². The Labute approximate surface area is 148 Å². The van der Waals surface area contributed by atoms with Crippen LogP contribution in [-0.4, -0.2) is 18.7 Å². The molecular formula is C21H22O4. The highest BCUT2D eigenvalue weighted by atomic mass is 16.5. The molecule has 2 aromatic carbocycles. The predicted molar refractivity (Wildman–Crippen MR) is 97.5 cm³/mol. The summed E-state index contributed by atoms with van der Waals surface area (Å²) in [5, 5.41) is 0. The predicted octanol–water partition coefficient (Wildman–Crippen LogP) is 4.61. The quantitative estimate of drug-likeness (QED) is 0.767. The zero-order chi connectivity index (χ0) is 18.2. The van der Waals surface area contributed by atoms with E-state index in [1.165, 1.54) is 6.92 Å². The summed E-state index contributed by atoms with van der Waals surface area (Å²) in [6.07, 6.45) is 0. The number of rotatable bonds is 3. The third-order valence-corrected chi connectivity index (χ3v) is 4.29. The molecule has 0 atom stereocenters. The summed E-state index contributed by atoms with van der Waals surface area (Å²) in [5.74, 6) is 1.50. The highest BCUT2D eigenvalue weighted by molar-refractivity contribution is 5.98. The number of methoxy groups -OCH3 is 1. The fourth-order valence-electron chi connectivity index (χ4n) is 3.19. The first-order valence-corrected chi connectivity index (χ1v) is 8.20. The van der Waals surface area contributed by atoms with Crippen LogP contribution in [0.1, 0.15) is 37.5 Å². The Balaban J connectivity index is 2.32. The van der Waals surface area contributed by atoms with E-state index in [2.05, 4.69) is 0 Å². The van der Waals surface area contributed by atoms with Gasteiger partial charge in [0.2, 0.25) is 0 Å². The molecule has 0 radical (unpaired) electrons. The number of esters is 1. The number of fused-ring (bicyclic) bond motifs is 1. The van der Waals surface area contributed by atoms with E-state index in [1.54, 1.807) is 7.11 Å². The molecule has 2 aromatic rings. The van der Waals surface area contributed by atoms with Gasteiger partial charge in [0.15, 0.2) is 0 Å². The van der Waals surface area contributed by atoms with Crippen LogP contribution in [0.2, 0.25) is 0 Å². The van der Waals surface area contributed by atoms with Crippen LogP contribution < -0.4 is 9.47 Å². The molecule has 0 aromatic heterocycles. The Hall–Kier alpha value is -2.75. The van der Waals surface area contributed by atoms with Crippen LogP contribution in [0, 0.1) is 6.92 Å². The van der Waals surface area contributed by atoms with Gasteiger partial charge in [-0.2, -0.15) is 0 Å². The van der Waals surface area contributed by atoms with E-state index in [0.717, 1.165) is 22.3 Å². The molecule has 1 heterocycles. The molecule has 0 saturated heterocycles. The second-order valence-electron chi connectivity index (χ2n) is 6.59. The van der Waals surface area contributed by atoms with Crippen molar-refractivity contribution in [2.45, 2.75) is 33.3 Å². The van der Waals surface area contributed by atoms with Crippen LogP contribution in [0.4, 0.5) is 0 Å². The Morgan fingerprint density at radius 3 is 2.44 bits per heavy atom. The zero-order valence-corrected chi connectivity index (χ0v) is 15.2.